The van der Waals surface area contributed by atoms with Crippen LogP contribution in [0.25, 0.3) is 0 Å². The second-order valence-electron chi connectivity index (χ2n) is 7.51. The number of anilines is 1. The molecule has 1 aliphatic carbocycles. The van der Waals surface area contributed by atoms with Gasteiger partial charge in [0.2, 0.25) is 15.9 Å². The van der Waals surface area contributed by atoms with Gasteiger partial charge in [0, 0.05) is 11.6 Å². The monoisotopic (exact) mass is 457 g/mol. The van der Waals surface area contributed by atoms with Crippen LogP contribution in [0.15, 0.2) is 64.6 Å². The summed E-state index contributed by atoms with van der Waals surface area (Å²) in [6, 6.07) is 15.9. The Labute approximate surface area is 185 Å². The average molecular weight is 458 g/mol. The molecule has 4 rings (SSSR count). The van der Waals surface area contributed by atoms with E-state index in [1.54, 1.807) is 6.92 Å². The lowest BCUT2D eigenvalue weighted by molar-refractivity contribution is -0.115. The van der Waals surface area contributed by atoms with Gasteiger partial charge in [-0.25, -0.2) is 13.6 Å². The zero-order valence-electron chi connectivity index (χ0n) is 16.9. The number of benzene rings is 2. The van der Waals surface area contributed by atoms with Crippen LogP contribution < -0.4 is 10.5 Å². The third-order valence-corrected chi connectivity index (χ3v) is 6.98. The van der Waals surface area contributed by atoms with Crippen molar-refractivity contribution < 1.29 is 13.2 Å². The maximum Gasteiger partial charge on any atom is 0.238 e. The van der Waals surface area contributed by atoms with Gasteiger partial charge in [-0.1, -0.05) is 42.1 Å². The van der Waals surface area contributed by atoms with Gasteiger partial charge in [-0.15, -0.1) is 10.2 Å². The first-order chi connectivity index (χ1) is 14.8. The minimum absolute atomic E-state index is 0.00505. The van der Waals surface area contributed by atoms with Crippen LogP contribution in [0.1, 0.15) is 37.1 Å². The first-order valence-corrected chi connectivity index (χ1v) is 12.3. The fourth-order valence-electron chi connectivity index (χ4n) is 3.13. The molecule has 2 aromatic carbocycles. The van der Waals surface area contributed by atoms with E-state index in [4.69, 9.17) is 5.14 Å². The van der Waals surface area contributed by atoms with Crippen LogP contribution in [0.4, 0.5) is 5.69 Å². The molecule has 1 atom stereocenters. The Bertz CT molecular complexity index is 1170. The van der Waals surface area contributed by atoms with Crippen LogP contribution in [0, 0.1) is 0 Å². The predicted octanol–water partition coefficient (Wildman–Crippen LogP) is 2.97. The molecule has 31 heavy (non-hydrogen) atoms. The van der Waals surface area contributed by atoms with Crippen LogP contribution >= 0.6 is 11.8 Å². The number of hydrogen-bond donors (Lipinski definition) is 2. The standard InChI is InChI=1S/C21H23N5O3S2/c1-14(20(27)23-17-9-11-18(12-10-17)31(22,28)29)30-21-25-24-19(16-7-8-16)26(21)13-15-5-3-2-4-6-15/h2-6,9-12,14,16H,7-8,13H2,1H3,(H,23,27)(H2,22,28,29)/t14-/m0/s1. The fraction of sp³-hybridized carbons (Fsp3) is 0.286. The van der Waals surface area contributed by atoms with E-state index in [1.807, 2.05) is 18.2 Å². The topological polar surface area (TPSA) is 120 Å². The molecule has 1 saturated carbocycles. The maximum atomic E-state index is 12.7. The number of carbonyl (C=O) groups excluding carboxylic acids is 1. The SMILES string of the molecule is C[C@H](Sc1nnc(C2CC2)n1Cc1ccccc1)C(=O)Nc1ccc(S(N)(=O)=O)cc1. The van der Waals surface area contributed by atoms with Crippen molar-refractivity contribution in [1.82, 2.24) is 14.8 Å². The lowest BCUT2D eigenvalue weighted by atomic mass is 10.2. The molecule has 0 spiro atoms. The van der Waals surface area contributed by atoms with Gasteiger partial charge >= 0.3 is 0 Å². The number of thioether (sulfide) groups is 1. The van der Waals surface area contributed by atoms with Gasteiger partial charge < -0.3 is 9.88 Å². The molecule has 1 aromatic heterocycles. The highest BCUT2D eigenvalue weighted by atomic mass is 32.2. The minimum Gasteiger partial charge on any atom is -0.325 e. The van der Waals surface area contributed by atoms with Gasteiger partial charge in [-0.05, 0) is 49.6 Å². The van der Waals surface area contributed by atoms with E-state index < -0.39 is 15.3 Å². The molecule has 0 bridgehead atoms. The quantitative estimate of drug-likeness (QED) is 0.502. The Morgan fingerprint density at radius 2 is 1.84 bits per heavy atom. The van der Waals surface area contributed by atoms with Crippen molar-refractivity contribution >= 4 is 33.4 Å². The minimum atomic E-state index is -3.77. The number of aromatic nitrogens is 3. The summed E-state index contributed by atoms with van der Waals surface area (Å²) < 4.78 is 24.8. The fourth-order valence-corrected chi connectivity index (χ4v) is 4.50. The second kappa shape index (κ2) is 8.81. The lowest BCUT2D eigenvalue weighted by Crippen LogP contribution is -2.23. The maximum absolute atomic E-state index is 12.7. The molecule has 1 fully saturated rings. The van der Waals surface area contributed by atoms with E-state index in [2.05, 4.69) is 32.2 Å². The van der Waals surface area contributed by atoms with E-state index in [0.717, 1.165) is 24.2 Å². The van der Waals surface area contributed by atoms with E-state index in [-0.39, 0.29) is 10.8 Å². The number of carbonyl (C=O) groups is 1. The van der Waals surface area contributed by atoms with Crippen LogP contribution in [0.3, 0.4) is 0 Å². The number of hydrogen-bond acceptors (Lipinski definition) is 6. The van der Waals surface area contributed by atoms with Gasteiger partial charge in [0.15, 0.2) is 5.16 Å². The molecule has 3 N–H and O–H groups in total. The van der Waals surface area contributed by atoms with E-state index >= 15 is 0 Å². The lowest BCUT2D eigenvalue weighted by Gasteiger charge is -2.14. The summed E-state index contributed by atoms with van der Waals surface area (Å²) in [4.78, 5) is 12.7. The Morgan fingerprint density at radius 3 is 2.45 bits per heavy atom. The van der Waals surface area contributed by atoms with Gasteiger partial charge in [0.25, 0.3) is 0 Å². The van der Waals surface area contributed by atoms with Crippen molar-refractivity contribution in [2.45, 2.75) is 47.5 Å². The summed E-state index contributed by atoms with van der Waals surface area (Å²) in [6.07, 6.45) is 2.23. The van der Waals surface area contributed by atoms with Crippen LogP contribution in [0.2, 0.25) is 0 Å². The average Bonchev–Trinajstić information content (AvgIpc) is 3.51. The molecular weight excluding hydrogens is 434 g/mol. The smallest absolute Gasteiger partial charge is 0.238 e. The Morgan fingerprint density at radius 1 is 1.16 bits per heavy atom. The Hall–Kier alpha value is -2.69. The highest BCUT2D eigenvalue weighted by molar-refractivity contribution is 8.00. The van der Waals surface area contributed by atoms with Crippen molar-refractivity contribution in [3.63, 3.8) is 0 Å². The van der Waals surface area contributed by atoms with Crippen LogP contribution in [-0.2, 0) is 21.4 Å². The zero-order valence-corrected chi connectivity index (χ0v) is 18.6. The van der Waals surface area contributed by atoms with Crippen LogP contribution in [0.5, 0.6) is 0 Å². The van der Waals surface area contributed by atoms with E-state index in [0.29, 0.717) is 23.3 Å². The van der Waals surface area contributed by atoms with Gasteiger partial charge in [0.1, 0.15) is 5.82 Å². The zero-order chi connectivity index (χ0) is 22.0. The van der Waals surface area contributed by atoms with Crippen molar-refractivity contribution in [2.75, 3.05) is 5.32 Å². The van der Waals surface area contributed by atoms with E-state index in [9.17, 15) is 13.2 Å². The number of sulfonamides is 1. The first kappa shape index (κ1) is 21.5. The normalized spacial score (nSPS) is 14.9. The number of primary sulfonamides is 1. The number of nitrogens with two attached hydrogens (primary N) is 1. The van der Waals surface area contributed by atoms with Gasteiger partial charge in [-0.3, -0.25) is 4.79 Å². The van der Waals surface area contributed by atoms with Crippen molar-refractivity contribution in [2.24, 2.45) is 5.14 Å². The summed E-state index contributed by atoms with van der Waals surface area (Å²) in [7, 11) is -3.77. The molecule has 3 aromatic rings. The highest BCUT2D eigenvalue weighted by Gasteiger charge is 2.31. The molecule has 162 valence electrons. The largest absolute Gasteiger partial charge is 0.325 e. The summed E-state index contributed by atoms with van der Waals surface area (Å²) in [5.74, 6) is 1.19. The summed E-state index contributed by atoms with van der Waals surface area (Å²) in [6.45, 7) is 2.46. The van der Waals surface area contributed by atoms with Gasteiger partial charge in [-0.2, -0.15) is 0 Å². The number of nitrogens with one attached hydrogen (secondary N) is 1. The van der Waals surface area contributed by atoms with Crippen molar-refractivity contribution in [1.29, 1.82) is 0 Å². The van der Waals surface area contributed by atoms with E-state index in [1.165, 1.54) is 36.0 Å². The Kier molecular flexibility index (Phi) is 6.12. The summed E-state index contributed by atoms with van der Waals surface area (Å²) >= 11 is 1.35. The van der Waals surface area contributed by atoms with Gasteiger partial charge in [0.05, 0.1) is 16.7 Å². The highest BCUT2D eigenvalue weighted by Crippen LogP contribution is 2.40. The van der Waals surface area contributed by atoms with Crippen LogP contribution in [-0.4, -0.2) is 34.3 Å². The molecular formula is C21H23N5O3S2. The number of nitrogens with zero attached hydrogens (tertiary/aromatic N) is 3. The molecule has 1 aliphatic rings. The second-order valence-corrected chi connectivity index (χ2v) is 10.4. The molecule has 10 heteroatoms. The molecule has 0 unspecified atom stereocenters. The summed E-state index contributed by atoms with van der Waals surface area (Å²) in [5, 5.41) is 16.9. The molecule has 0 radical (unpaired) electrons. The molecule has 1 amide bonds. The van der Waals surface area contributed by atoms with Crippen molar-refractivity contribution in [3.8, 4) is 0 Å². The summed E-state index contributed by atoms with van der Waals surface area (Å²) in [5.41, 5.74) is 1.65. The third kappa shape index (κ3) is 5.33. The predicted molar refractivity (Wildman–Crippen MR) is 119 cm³/mol. The first-order valence-electron chi connectivity index (χ1n) is 9.88. The molecule has 8 nitrogen and oxygen atoms in total. The number of amides is 1. The third-order valence-electron chi connectivity index (χ3n) is 4.97. The number of rotatable bonds is 8. The molecule has 0 aliphatic heterocycles. The van der Waals surface area contributed by atoms with Crippen molar-refractivity contribution in [3.05, 3.63) is 66.0 Å². The Balaban J connectivity index is 1.46. The molecule has 1 heterocycles. The molecule has 0 saturated heterocycles.